The third-order valence-corrected chi connectivity index (χ3v) is 4.65. The molecule has 0 spiro atoms. The second-order valence-corrected chi connectivity index (χ2v) is 7.61. The summed E-state index contributed by atoms with van der Waals surface area (Å²) in [6, 6.07) is -6.39. The van der Waals surface area contributed by atoms with Crippen LogP contribution in [-0.2, 0) is 40.0 Å². The Bertz CT molecular complexity index is 981. The summed E-state index contributed by atoms with van der Waals surface area (Å²) >= 11 is 0. The molecule has 1 aromatic heterocycles. The summed E-state index contributed by atoms with van der Waals surface area (Å²) in [6.07, 6.45) is -0.144. The zero-order valence-electron chi connectivity index (χ0n) is 18.8. The van der Waals surface area contributed by atoms with Gasteiger partial charge in [-0.2, -0.15) is 0 Å². The molecule has 36 heavy (non-hydrogen) atoms. The Morgan fingerprint density at radius 2 is 1.42 bits per heavy atom. The van der Waals surface area contributed by atoms with Crippen LogP contribution in [0.4, 0.5) is 0 Å². The molecule has 1 rings (SSSR count). The molecular formula is C19H27N7O10. The number of carbonyl (C=O) groups is 7. The Balaban J connectivity index is 3.02. The van der Waals surface area contributed by atoms with Crippen molar-refractivity contribution in [2.45, 2.75) is 56.3 Å². The van der Waals surface area contributed by atoms with Gasteiger partial charge in [0.25, 0.3) is 0 Å². The first-order valence-corrected chi connectivity index (χ1v) is 10.4. The summed E-state index contributed by atoms with van der Waals surface area (Å²) in [5, 5.41) is 33.6. The van der Waals surface area contributed by atoms with Crippen LogP contribution in [0.2, 0.25) is 0 Å². The van der Waals surface area contributed by atoms with Crippen LogP contribution < -0.4 is 27.4 Å². The molecular weight excluding hydrogens is 486 g/mol. The molecule has 0 bridgehead atoms. The van der Waals surface area contributed by atoms with E-state index in [1.54, 1.807) is 0 Å². The minimum absolute atomic E-state index is 0.229. The van der Waals surface area contributed by atoms with E-state index in [1.165, 1.54) is 12.5 Å². The SMILES string of the molecule is NC(=O)CCC(NC(=O)C(N)CC(=O)O)C(=O)NC(CC(=O)O)C(=O)NC(Cc1cnc[nH]1)C(=O)O. The number of carboxylic acids is 3. The highest BCUT2D eigenvalue weighted by Crippen LogP contribution is 2.04. The average molecular weight is 513 g/mol. The first-order chi connectivity index (χ1) is 16.8. The number of carboxylic acid groups (broad SMARTS) is 3. The lowest BCUT2D eigenvalue weighted by Crippen LogP contribution is -2.57. The third kappa shape index (κ3) is 10.6. The lowest BCUT2D eigenvalue weighted by atomic mass is 10.1. The minimum atomic E-state index is -1.78. The summed E-state index contributed by atoms with van der Waals surface area (Å²) in [6.45, 7) is 0. The first kappa shape index (κ1) is 29.5. The number of nitrogens with zero attached hydrogens (tertiary/aromatic N) is 1. The van der Waals surface area contributed by atoms with Crippen LogP contribution in [0.3, 0.4) is 0 Å². The maximum atomic E-state index is 12.8. The molecule has 0 saturated heterocycles. The molecule has 11 N–H and O–H groups in total. The van der Waals surface area contributed by atoms with Crippen LogP contribution in [0, 0.1) is 0 Å². The fraction of sp³-hybridized carbons (Fsp3) is 0.474. The maximum Gasteiger partial charge on any atom is 0.326 e. The first-order valence-electron chi connectivity index (χ1n) is 10.4. The zero-order valence-corrected chi connectivity index (χ0v) is 18.8. The standard InChI is InChI=1S/C19H27N7O10/c20-9(4-14(28)29)16(32)24-10(1-2-13(21)27)17(33)25-11(5-15(30)31)18(34)26-12(19(35)36)3-8-6-22-7-23-8/h6-7,9-12H,1-5,20H2,(H2,21,27)(H,22,23)(H,24,32)(H,25,33)(H,26,34)(H,28,29)(H,30,31)(H,35,36). The van der Waals surface area contributed by atoms with Gasteiger partial charge in [0, 0.05) is 24.7 Å². The highest BCUT2D eigenvalue weighted by atomic mass is 16.4. The molecule has 0 aliphatic carbocycles. The van der Waals surface area contributed by atoms with E-state index < -0.39 is 85.0 Å². The van der Waals surface area contributed by atoms with Crippen molar-refractivity contribution < 1.29 is 48.9 Å². The number of amides is 4. The van der Waals surface area contributed by atoms with Crippen molar-refractivity contribution in [1.82, 2.24) is 25.9 Å². The molecule has 0 aromatic carbocycles. The number of aromatic amines is 1. The molecule has 1 aromatic rings. The molecule has 1 heterocycles. The second kappa shape index (κ2) is 14.0. The molecule has 0 aliphatic rings. The van der Waals surface area contributed by atoms with Crippen LogP contribution in [0.5, 0.6) is 0 Å². The van der Waals surface area contributed by atoms with Crippen molar-refractivity contribution in [3.8, 4) is 0 Å². The van der Waals surface area contributed by atoms with E-state index in [0.717, 1.165) is 0 Å². The van der Waals surface area contributed by atoms with Crippen molar-refractivity contribution in [3.05, 3.63) is 18.2 Å². The number of aliphatic carboxylic acids is 3. The number of nitrogens with two attached hydrogens (primary N) is 2. The van der Waals surface area contributed by atoms with Gasteiger partial charge in [-0.15, -0.1) is 0 Å². The molecule has 0 saturated carbocycles. The van der Waals surface area contributed by atoms with Crippen LogP contribution in [0.15, 0.2) is 12.5 Å². The van der Waals surface area contributed by atoms with Gasteiger partial charge >= 0.3 is 17.9 Å². The van der Waals surface area contributed by atoms with E-state index in [2.05, 4.69) is 25.9 Å². The molecule has 4 amide bonds. The van der Waals surface area contributed by atoms with E-state index in [1.807, 2.05) is 0 Å². The number of primary amides is 1. The van der Waals surface area contributed by atoms with E-state index in [-0.39, 0.29) is 12.8 Å². The van der Waals surface area contributed by atoms with Gasteiger partial charge in [0.2, 0.25) is 23.6 Å². The smallest absolute Gasteiger partial charge is 0.326 e. The number of nitrogens with one attached hydrogen (secondary N) is 4. The Kier molecular flexibility index (Phi) is 11.5. The average Bonchev–Trinajstić information content (AvgIpc) is 3.27. The number of carbonyl (C=O) groups excluding carboxylic acids is 4. The number of aromatic nitrogens is 2. The lowest BCUT2D eigenvalue weighted by molar-refractivity contribution is -0.143. The number of hydrogen-bond donors (Lipinski definition) is 9. The number of rotatable bonds is 16. The third-order valence-electron chi connectivity index (χ3n) is 4.65. The van der Waals surface area contributed by atoms with E-state index in [4.69, 9.17) is 21.7 Å². The van der Waals surface area contributed by atoms with Crippen molar-refractivity contribution in [2.24, 2.45) is 11.5 Å². The molecule has 17 heteroatoms. The molecule has 198 valence electrons. The number of imidazole rings is 1. The predicted molar refractivity (Wildman–Crippen MR) is 117 cm³/mol. The molecule has 0 aliphatic heterocycles. The van der Waals surface area contributed by atoms with E-state index >= 15 is 0 Å². The van der Waals surface area contributed by atoms with Gasteiger partial charge in [-0.3, -0.25) is 28.8 Å². The highest BCUT2D eigenvalue weighted by Gasteiger charge is 2.32. The normalized spacial score (nSPS) is 13.9. The lowest BCUT2D eigenvalue weighted by Gasteiger charge is -2.24. The van der Waals surface area contributed by atoms with Gasteiger partial charge in [-0.25, -0.2) is 9.78 Å². The molecule has 17 nitrogen and oxygen atoms in total. The number of H-pyrrole nitrogens is 1. The van der Waals surface area contributed by atoms with Gasteiger partial charge < -0.3 is 47.7 Å². The molecule has 0 fully saturated rings. The Morgan fingerprint density at radius 3 is 1.92 bits per heavy atom. The monoisotopic (exact) mass is 513 g/mol. The predicted octanol–water partition coefficient (Wildman–Crippen LogP) is -3.97. The zero-order chi connectivity index (χ0) is 27.4. The topological polar surface area (TPSA) is 297 Å². The summed E-state index contributed by atoms with van der Waals surface area (Å²) in [5.41, 5.74) is 10.9. The minimum Gasteiger partial charge on any atom is -0.481 e. The van der Waals surface area contributed by atoms with E-state index in [9.17, 15) is 38.7 Å². The van der Waals surface area contributed by atoms with Gasteiger partial charge in [-0.05, 0) is 6.42 Å². The van der Waals surface area contributed by atoms with Gasteiger partial charge in [0.1, 0.15) is 18.1 Å². The van der Waals surface area contributed by atoms with Gasteiger partial charge in [-0.1, -0.05) is 0 Å². The summed E-state index contributed by atoms with van der Waals surface area (Å²) < 4.78 is 0. The van der Waals surface area contributed by atoms with Crippen LogP contribution in [-0.4, -0.2) is 91.0 Å². The van der Waals surface area contributed by atoms with Crippen molar-refractivity contribution in [1.29, 1.82) is 0 Å². The fourth-order valence-electron chi connectivity index (χ4n) is 2.86. The summed E-state index contributed by atoms with van der Waals surface area (Å²) in [7, 11) is 0. The van der Waals surface area contributed by atoms with Crippen molar-refractivity contribution >= 4 is 41.5 Å². The molecule has 4 atom stereocenters. The second-order valence-electron chi connectivity index (χ2n) is 7.61. The highest BCUT2D eigenvalue weighted by molar-refractivity contribution is 5.96. The van der Waals surface area contributed by atoms with Crippen LogP contribution >= 0.6 is 0 Å². The largest absolute Gasteiger partial charge is 0.481 e. The quantitative estimate of drug-likeness (QED) is 0.102. The Morgan fingerprint density at radius 1 is 0.861 bits per heavy atom. The molecule has 0 radical (unpaired) electrons. The maximum absolute atomic E-state index is 12.8. The fourth-order valence-corrected chi connectivity index (χ4v) is 2.86. The molecule has 4 unspecified atom stereocenters. The van der Waals surface area contributed by atoms with Crippen LogP contribution in [0.1, 0.15) is 31.4 Å². The summed E-state index contributed by atoms with van der Waals surface area (Å²) in [4.78, 5) is 88.7. The summed E-state index contributed by atoms with van der Waals surface area (Å²) in [5.74, 6) is -8.53. The van der Waals surface area contributed by atoms with Gasteiger partial charge in [0.15, 0.2) is 0 Å². The van der Waals surface area contributed by atoms with Crippen LogP contribution in [0.25, 0.3) is 0 Å². The van der Waals surface area contributed by atoms with Gasteiger partial charge in [0.05, 0.1) is 25.2 Å². The Labute approximate surface area is 203 Å². The van der Waals surface area contributed by atoms with E-state index in [0.29, 0.717) is 5.69 Å². The van der Waals surface area contributed by atoms with Crippen molar-refractivity contribution in [2.75, 3.05) is 0 Å². The Hall–Kier alpha value is -4.54. The van der Waals surface area contributed by atoms with Crippen molar-refractivity contribution in [3.63, 3.8) is 0 Å². The number of hydrogen-bond acceptors (Lipinski definition) is 9.